The standard InChI is InChI=1S/C11H9ClN2O4S2/c1-18-11(15)10-8(4-5-19-10)14-20(16,17)7-2-3-9(12)13-6-7/h2-6,14H,1H3. The highest BCUT2D eigenvalue weighted by Crippen LogP contribution is 2.25. The highest BCUT2D eigenvalue weighted by atomic mass is 35.5. The summed E-state index contributed by atoms with van der Waals surface area (Å²) in [6.45, 7) is 0. The van der Waals surface area contributed by atoms with Crippen LogP contribution in [-0.2, 0) is 14.8 Å². The molecule has 9 heteroatoms. The van der Waals surface area contributed by atoms with Crippen molar-refractivity contribution >= 4 is 44.6 Å². The predicted molar refractivity (Wildman–Crippen MR) is 75.7 cm³/mol. The van der Waals surface area contributed by atoms with Gasteiger partial charge >= 0.3 is 5.97 Å². The smallest absolute Gasteiger partial charge is 0.350 e. The van der Waals surface area contributed by atoms with Crippen LogP contribution in [0, 0.1) is 0 Å². The second-order valence-corrected chi connectivity index (χ2v) is 6.56. The molecule has 0 saturated heterocycles. The van der Waals surface area contributed by atoms with E-state index in [4.69, 9.17) is 11.6 Å². The molecule has 0 amide bonds. The van der Waals surface area contributed by atoms with Crippen LogP contribution in [0.2, 0.25) is 5.15 Å². The van der Waals surface area contributed by atoms with Crippen molar-refractivity contribution in [3.63, 3.8) is 0 Å². The Balaban J connectivity index is 2.32. The first-order chi connectivity index (χ1) is 9.44. The van der Waals surface area contributed by atoms with Crippen LogP contribution >= 0.6 is 22.9 Å². The SMILES string of the molecule is COC(=O)c1sccc1NS(=O)(=O)c1ccc(Cl)nc1. The normalized spacial score (nSPS) is 11.1. The lowest BCUT2D eigenvalue weighted by atomic mass is 10.4. The fourth-order valence-electron chi connectivity index (χ4n) is 1.37. The summed E-state index contributed by atoms with van der Waals surface area (Å²) in [5.74, 6) is -0.605. The summed E-state index contributed by atoms with van der Waals surface area (Å²) in [5, 5.41) is 1.78. The third-order valence-electron chi connectivity index (χ3n) is 2.29. The number of nitrogens with zero attached hydrogens (tertiary/aromatic N) is 1. The van der Waals surface area contributed by atoms with Crippen LogP contribution in [0.25, 0.3) is 0 Å². The molecule has 0 spiro atoms. The maximum absolute atomic E-state index is 12.1. The van der Waals surface area contributed by atoms with Crippen molar-refractivity contribution in [3.05, 3.63) is 39.8 Å². The Morgan fingerprint density at radius 1 is 1.40 bits per heavy atom. The number of methoxy groups -OCH3 is 1. The van der Waals surface area contributed by atoms with E-state index in [1.807, 2.05) is 0 Å². The Morgan fingerprint density at radius 2 is 2.15 bits per heavy atom. The number of halogens is 1. The lowest BCUT2D eigenvalue weighted by molar-refractivity contribution is 0.0607. The molecule has 20 heavy (non-hydrogen) atoms. The van der Waals surface area contributed by atoms with E-state index in [0.717, 1.165) is 17.5 Å². The minimum absolute atomic E-state index is 0.0519. The largest absolute Gasteiger partial charge is 0.465 e. The number of esters is 1. The quantitative estimate of drug-likeness (QED) is 0.686. The molecule has 0 saturated carbocycles. The summed E-state index contributed by atoms with van der Waals surface area (Å²) in [7, 11) is -2.61. The predicted octanol–water partition coefficient (Wildman–Crippen LogP) is 2.38. The molecule has 1 N–H and O–H groups in total. The molecule has 2 heterocycles. The van der Waals surface area contributed by atoms with Gasteiger partial charge in [0, 0.05) is 6.20 Å². The second kappa shape index (κ2) is 5.78. The van der Waals surface area contributed by atoms with Crippen LogP contribution in [-0.4, -0.2) is 26.5 Å². The third-order valence-corrected chi connectivity index (χ3v) is 4.76. The molecule has 0 aliphatic carbocycles. The number of nitrogens with one attached hydrogen (secondary N) is 1. The first-order valence-electron chi connectivity index (χ1n) is 5.24. The van der Waals surface area contributed by atoms with Crippen molar-refractivity contribution in [2.45, 2.75) is 4.90 Å². The summed E-state index contributed by atoms with van der Waals surface area (Å²) in [5.41, 5.74) is 0.164. The van der Waals surface area contributed by atoms with Gasteiger partial charge in [0.15, 0.2) is 0 Å². The lowest BCUT2D eigenvalue weighted by Crippen LogP contribution is -2.15. The molecule has 2 aromatic rings. The van der Waals surface area contributed by atoms with E-state index in [0.29, 0.717) is 0 Å². The fraction of sp³-hybridized carbons (Fsp3) is 0.0909. The van der Waals surface area contributed by atoms with Gasteiger partial charge in [0.05, 0.1) is 12.8 Å². The Hall–Kier alpha value is -1.64. The number of rotatable bonds is 4. The minimum Gasteiger partial charge on any atom is -0.465 e. The molecule has 2 aromatic heterocycles. The van der Waals surface area contributed by atoms with Gasteiger partial charge in [-0.1, -0.05) is 11.6 Å². The highest BCUT2D eigenvalue weighted by molar-refractivity contribution is 7.92. The molecule has 0 radical (unpaired) electrons. The zero-order chi connectivity index (χ0) is 14.8. The van der Waals surface area contributed by atoms with Gasteiger partial charge in [0.25, 0.3) is 10.0 Å². The number of anilines is 1. The van der Waals surface area contributed by atoms with Gasteiger partial charge < -0.3 is 4.74 Å². The zero-order valence-electron chi connectivity index (χ0n) is 10.2. The summed E-state index contributed by atoms with van der Waals surface area (Å²) < 4.78 is 31.2. The summed E-state index contributed by atoms with van der Waals surface area (Å²) in [6, 6.07) is 4.17. The number of hydrogen-bond acceptors (Lipinski definition) is 6. The Bertz CT molecular complexity index is 725. The van der Waals surface area contributed by atoms with Crippen molar-refractivity contribution in [3.8, 4) is 0 Å². The van der Waals surface area contributed by atoms with E-state index >= 15 is 0 Å². The summed E-state index contributed by atoms with van der Waals surface area (Å²) in [4.78, 5) is 15.3. The Morgan fingerprint density at radius 3 is 2.75 bits per heavy atom. The number of hydrogen-bond donors (Lipinski definition) is 1. The average Bonchev–Trinajstić information content (AvgIpc) is 2.85. The molecule has 0 aliphatic heterocycles. The lowest BCUT2D eigenvalue weighted by Gasteiger charge is -2.07. The van der Waals surface area contributed by atoms with Crippen molar-refractivity contribution < 1.29 is 17.9 Å². The number of ether oxygens (including phenoxy) is 1. The maximum atomic E-state index is 12.1. The van der Waals surface area contributed by atoms with E-state index < -0.39 is 16.0 Å². The number of carbonyl (C=O) groups excluding carboxylic acids is 1. The van der Waals surface area contributed by atoms with Gasteiger partial charge in [-0.2, -0.15) is 0 Å². The molecule has 0 atom stereocenters. The zero-order valence-corrected chi connectivity index (χ0v) is 12.6. The monoisotopic (exact) mass is 332 g/mol. The molecule has 6 nitrogen and oxygen atoms in total. The van der Waals surface area contributed by atoms with Crippen LogP contribution in [0.3, 0.4) is 0 Å². The second-order valence-electron chi connectivity index (χ2n) is 3.58. The third kappa shape index (κ3) is 3.09. The average molecular weight is 333 g/mol. The van der Waals surface area contributed by atoms with Gasteiger partial charge in [-0.25, -0.2) is 18.2 Å². The number of carbonyl (C=O) groups is 1. The van der Waals surface area contributed by atoms with E-state index in [-0.39, 0.29) is 20.6 Å². The van der Waals surface area contributed by atoms with E-state index in [2.05, 4.69) is 14.4 Å². The van der Waals surface area contributed by atoms with Gasteiger partial charge in [-0.15, -0.1) is 11.3 Å². The molecule has 106 valence electrons. The first-order valence-corrected chi connectivity index (χ1v) is 7.98. The van der Waals surface area contributed by atoms with Crippen molar-refractivity contribution in [1.29, 1.82) is 0 Å². The molecule has 0 fully saturated rings. The summed E-state index contributed by atoms with van der Waals surface area (Å²) >= 11 is 6.69. The first kappa shape index (κ1) is 14.8. The van der Waals surface area contributed by atoms with Gasteiger partial charge in [0.2, 0.25) is 0 Å². The molecular formula is C11H9ClN2O4S2. The van der Waals surface area contributed by atoms with E-state index in [9.17, 15) is 13.2 Å². The van der Waals surface area contributed by atoms with Crippen molar-refractivity contribution in [2.24, 2.45) is 0 Å². The number of aromatic nitrogens is 1. The fourth-order valence-corrected chi connectivity index (χ4v) is 3.32. The van der Waals surface area contributed by atoms with E-state index in [1.54, 1.807) is 5.38 Å². The number of pyridine rings is 1. The summed E-state index contributed by atoms with van der Waals surface area (Å²) in [6.07, 6.45) is 1.13. The van der Waals surface area contributed by atoms with Gasteiger partial charge in [-0.3, -0.25) is 4.72 Å². The molecule has 0 aliphatic rings. The van der Waals surface area contributed by atoms with Crippen molar-refractivity contribution in [1.82, 2.24) is 4.98 Å². The number of thiophene rings is 1. The topological polar surface area (TPSA) is 85.4 Å². The molecule has 2 rings (SSSR count). The van der Waals surface area contributed by atoms with E-state index in [1.165, 1.54) is 25.3 Å². The number of sulfonamides is 1. The van der Waals surface area contributed by atoms with Crippen LogP contribution in [0.5, 0.6) is 0 Å². The van der Waals surface area contributed by atoms with Gasteiger partial charge in [-0.05, 0) is 23.6 Å². The van der Waals surface area contributed by atoms with Crippen molar-refractivity contribution in [2.75, 3.05) is 11.8 Å². The van der Waals surface area contributed by atoms with Gasteiger partial charge in [0.1, 0.15) is 14.9 Å². The minimum atomic E-state index is -3.84. The molecule has 0 unspecified atom stereocenters. The highest BCUT2D eigenvalue weighted by Gasteiger charge is 2.20. The van der Waals surface area contributed by atoms with Crippen LogP contribution < -0.4 is 4.72 Å². The Kier molecular flexibility index (Phi) is 4.26. The molecule has 0 bridgehead atoms. The van der Waals surface area contributed by atoms with Crippen LogP contribution in [0.15, 0.2) is 34.7 Å². The molecule has 0 aromatic carbocycles. The maximum Gasteiger partial charge on any atom is 0.350 e. The van der Waals surface area contributed by atoms with Crippen LogP contribution in [0.4, 0.5) is 5.69 Å². The molecular weight excluding hydrogens is 324 g/mol. The van der Waals surface area contributed by atoms with Crippen LogP contribution in [0.1, 0.15) is 9.67 Å². The Labute approximate surface area is 124 Å².